The van der Waals surface area contributed by atoms with Gasteiger partial charge in [0.25, 0.3) is 0 Å². The molecule has 0 aliphatic heterocycles. The van der Waals surface area contributed by atoms with Crippen molar-refractivity contribution in [3.8, 4) is 5.75 Å². The van der Waals surface area contributed by atoms with Gasteiger partial charge in [0.15, 0.2) is 0 Å². The molecule has 0 aliphatic rings. The molecule has 0 unspecified atom stereocenters. The summed E-state index contributed by atoms with van der Waals surface area (Å²) in [5, 5.41) is 2.58. The quantitative estimate of drug-likeness (QED) is 0.566. The van der Waals surface area contributed by atoms with Crippen LogP contribution < -0.4 is 28.9 Å². The molecule has 0 atom stereocenters. The van der Waals surface area contributed by atoms with Gasteiger partial charge in [-0.2, -0.15) is 6.07 Å². The van der Waals surface area contributed by atoms with Gasteiger partial charge in [0.05, 0.1) is 7.11 Å². The molecule has 0 saturated heterocycles. The zero-order valence-corrected chi connectivity index (χ0v) is 11.0. The van der Waals surface area contributed by atoms with E-state index in [1.54, 1.807) is 25.3 Å². The minimum absolute atomic E-state index is 0. The van der Waals surface area contributed by atoms with Crippen molar-refractivity contribution in [2.24, 2.45) is 0 Å². The number of hydrogen-bond acceptors (Lipinski definition) is 3. The van der Waals surface area contributed by atoms with Crippen LogP contribution in [0.2, 0.25) is 0 Å². The second-order valence-electron chi connectivity index (χ2n) is 4.27. The van der Waals surface area contributed by atoms with Crippen LogP contribution in [0, 0.1) is 6.07 Å². The zero-order valence-electron chi connectivity index (χ0n) is 11.0. The van der Waals surface area contributed by atoms with E-state index in [4.69, 9.17) is 9.47 Å². The SMILES string of the molecule is COc1c[c-]c(NC(=O)OC(C)(C)C)cc1.[Li+]. The van der Waals surface area contributed by atoms with Crippen LogP contribution in [0.5, 0.6) is 5.75 Å². The van der Waals surface area contributed by atoms with Crippen molar-refractivity contribution in [1.29, 1.82) is 0 Å². The Morgan fingerprint density at radius 2 is 2.00 bits per heavy atom. The van der Waals surface area contributed by atoms with Gasteiger partial charge in [0, 0.05) is 5.75 Å². The molecular weight excluding hydrogens is 213 g/mol. The normalized spacial score (nSPS) is 10.1. The maximum Gasteiger partial charge on any atom is 1.00 e. The first-order valence-electron chi connectivity index (χ1n) is 4.96. The topological polar surface area (TPSA) is 47.6 Å². The third kappa shape index (κ3) is 6.25. The van der Waals surface area contributed by atoms with Crippen LogP contribution in [0.1, 0.15) is 20.8 Å². The third-order valence-corrected chi connectivity index (χ3v) is 1.66. The van der Waals surface area contributed by atoms with E-state index in [9.17, 15) is 4.79 Å². The summed E-state index contributed by atoms with van der Waals surface area (Å²) >= 11 is 0. The maximum atomic E-state index is 11.4. The number of carbonyl (C=O) groups is 1. The van der Waals surface area contributed by atoms with Gasteiger partial charge >= 0.3 is 25.0 Å². The smallest absolute Gasteiger partial charge is 0.554 e. The van der Waals surface area contributed by atoms with Crippen LogP contribution in [-0.2, 0) is 4.74 Å². The summed E-state index contributed by atoms with van der Waals surface area (Å²) in [6, 6.07) is 7.95. The molecule has 1 aromatic carbocycles. The molecular formula is C12H16LiNO3. The van der Waals surface area contributed by atoms with E-state index in [1.807, 2.05) is 20.8 Å². The summed E-state index contributed by atoms with van der Waals surface area (Å²) in [5.74, 6) is 0.690. The van der Waals surface area contributed by atoms with Crippen LogP contribution in [0.15, 0.2) is 18.2 Å². The summed E-state index contributed by atoms with van der Waals surface area (Å²) < 4.78 is 10.1. The molecule has 1 aromatic rings. The molecule has 0 aliphatic carbocycles. The molecule has 0 heterocycles. The van der Waals surface area contributed by atoms with Gasteiger partial charge in [0.2, 0.25) is 0 Å². The van der Waals surface area contributed by atoms with E-state index in [-0.39, 0.29) is 18.9 Å². The fraction of sp³-hybridized carbons (Fsp3) is 0.417. The predicted octanol–water partition coefficient (Wildman–Crippen LogP) is -0.154. The summed E-state index contributed by atoms with van der Waals surface area (Å²) in [6.45, 7) is 5.43. The van der Waals surface area contributed by atoms with Crippen LogP contribution in [0.3, 0.4) is 0 Å². The molecule has 0 radical (unpaired) electrons. The first-order chi connectivity index (χ1) is 7.40. The van der Waals surface area contributed by atoms with E-state index < -0.39 is 11.7 Å². The van der Waals surface area contributed by atoms with Crippen molar-refractivity contribution in [2.75, 3.05) is 12.4 Å². The van der Waals surface area contributed by atoms with Gasteiger partial charge in [-0.3, -0.25) is 0 Å². The zero-order chi connectivity index (χ0) is 12.2. The fourth-order valence-corrected chi connectivity index (χ4v) is 1.03. The summed E-state index contributed by atoms with van der Waals surface area (Å²) in [5.41, 5.74) is 0.0476. The second-order valence-corrected chi connectivity index (χ2v) is 4.27. The molecule has 0 saturated carbocycles. The monoisotopic (exact) mass is 229 g/mol. The average Bonchev–Trinajstić information content (AvgIpc) is 2.16. The first-order valence-corrected chi connectivity index (χ1v) is 4.96. The number of hydrogen-bond donors (Lipinski definition) is 1. The summed E-state index contributed by atoms with van der Waals surface area (Å²) in [6.07, 6.45) is -0.492. The average molecular weight is 229 g/mol. The van der Waals surface area contributed by atoms with E-state index in [2.05, 4.69) is 11.4 Å². The third-order valence-electron chi connectivity index (χ3n) is 1.66. The Bertz CT molecular complexity index is 357. The van der Waals surface area contributed by atoms with Gasteiger partial charge in [0.1, 0.15) is 5.60 Å². The summed E-state index contributed by atoms with van der Waals surface area (Å²) in [4.78, 5) is 11.4. The van der Waals surface area contributed by atoms with E-state index >= 15 is 0 Å². The standard InChI is InChI=1S/C12H16NO3.Li/c1-12(2,3)16-11(14)13-9-5-7-10(15-4)8-6-9;/h5,7-8H,1-4H3,(H,13,14);/q-1;+1. The summed E-state index contributed by atoms with van der Waals surface area (Å²) in [7, 11) is 1.57. The molecule has 1 amide bonds. The fourth-order valence-electron chi connectivity index (χ4n) is 1.03. The van der Waals surface area contributed by atoms with E-state index in [0.717, 1.165) is 0 Å². The van der Waals surface area contributed by atoms with Crippen LogP contribution in [0.4, 0.5) is 10.5 Å². The van der Waals surface area contributed by atoms with Gasteiger partial charge in [-0.15, -0.1) is 18.2 Å². The van der Waals surface area contributed by atoms with Gasteiger partial charge in [-0.25, -0.2) is 4.79 Å². The molecule has 4 nitrogen and oxygen atoms in total. The van der Waals surface area contributed by atoms with Crippen molar-refractivity contribution in [3.63, 3.8) is 0 Å². The minimum atomic E-state index is -0.503. The van der Waals surface area contributed by atoms with Crippen LogP contribution >= 0.6 is 0 Å². The largest absolute Gasteiger partial charge is 1.00 e. The number of rotatable bonds is 2. The molecule has 88 valence electrons. The van der Waals surface area contributed by atoms with Crippen molar-refractivity contribution in [3.05, 3.63) is 24.3 Å². The maximum absolute atomic E-state index is 11.4. The van der Waals surface area contributed by atoms with Crippen molar-refractivity contribution < 1.29 is 33.1 Å². The number of benzene rings is 1. The van der Waals surface area contributed by atoms with Crippen molar-refractivity contribution in [2.45, 2.75) is 26.4 Å². The number of anilines is 1. The minimum Gasteiger partial charge on any atom is -0.554 e. The number of nitrogens with one attached hydrogen (secondary N) is 1. The van der Waals surface area contributed by atoms with Gasteiger partial charge in [-0.1, -0.05) is 5.69 Å². The van der Waals surface area contributed by atoms with Crippen LogP contribution in [-0.4, -0.2) is 18.8 Å². The van der Waals surface area contributed by atoms with Crippen LogP contribution in [0.25, 0.3) is 0 Å². The second kappa shape index (κ2) is 6.58. The van der Waals surface area contributed by atoms with E-state index in [0.29, 0.717) is 11.4 Å². The Balaban J connectivity index is 0.00000256. The van der Waals surface area contributed by atoms with Gasteiger partial charge < -0.3 is 14.8 Å². The first kappa shape index (κ1) is 15.9. The van der Waals surface area contributed by atoms with E-state index in [1.165, 1.54) is 0 Å². The predicted molar refractivity (Wildman–Crippen MR) is 61.7 cm³/mol. The molecule has 17 heavy (non-hydrogen) atoms. The Labute approximate surface area is 114 Å². The Kier molecular flexibility index (Phi) is 6.15. The number of methoxy groups -OCH3 is 1. The molecule has 0 fully saturated rings. The molecule has 1 N–H and O–H groups in total. The van der Waals surface area contributed by atoms with Crippen molar-refractivity contribution >= 4 is 11.8 Å². The Morgan fingerprint density at radius 1 is 1.35 bits per heavy atom. The molecule has 0 spiro atoms. The number of ether oxygens (including phenoxy) is 2. The molecule has 1 rings (SSSR count). The van der Waals surface area contributed by atoms with Crippen molar-refractivity contribution in [1.82, 2.24) is 0 Å². The molecule has 0 aromatic heterocycles. The van der Waals surface area contributed by atoms with Gasteiger partial charge in [-0.05, 0) is 20.8 Å². The number of carbonyl (C=O) groups excluding carboxylic acids is 1. The molecule has 0 bridgehead atoms. The Hall–Kier alpha value is -1.11. The Morgan fingerprint density at radius 3 is 2.41 bits per heavy atom. The number of amides is 1. The molecule has 5 heteroatoms.